The molecule has 0 spiro atoms. The van der Waals surface area contributed by atoms with Gasteiger partial charge < -0.3 is 4.98 Å². The van der Waals surface area contributed by atoms with Gasteiger partial charge in [0, 0.05) is 5.02 Å². The van der Waals surface area contributed by atoms with Crippen molar-refractivity contribution >= 4 is 34.3 Å². The molecule has 0 saturated carbocycles. The van der Waals surface area contributed by atoms with Gasteiger partial charge in [-0.3, -0.25) is 0 Å². The fourth-order valence-corrected chi connectivity index (χ4v) is 2.33. The summed E-state index contributed by atoms with van der Waals surface area (Å²) in [6.07, 6.45) is 0.799. The number of nitrogens with zero attached hydrogens (tertiary/aromatic N) is 2. The number of hydrazone groups is 1. The minimum Gasteiger partial charge on any atom is -0.323 e. The second kappa shape index (κ2) is 5.97. The lowest BCUT2D eigenvalue weighted by molar-refractivity contribution is 1.17. The Morgan fingerprint density at radius 1 is 1.24 bits per heavy atom. The number of benzene rings is 2. The van der Waals surface area contributed by atoms with E-state index < -0.39 is 0 Å². The molecular weight excluding hydrogens is 284 g/mol. The Kier molecular flexibility index (Phi) is 3.88. The zero-order valence-electron chi connectivity index (χ0n) is 11.6. The highest BCUT2D eigenvalue weighted by molar-refractivity contribution is 6.31. The summed E-state index contributed by atoms with van der Waals surface area (Å²) in [5, 5.41) is 5.14. The van der Waals surface area contributed by atoms with E-state index in [2.05, 4.69) is 27.4 Å². The first-order valence-corrected chi connectivity index (χ1v) is 7.17. The van der Waals surface area contributed by atoms with Gasteiger partial charge in [-0.15, -0.1) is 0 Å². The fraction of sp³-hybridized carbons (Fsp3) is 0.125. The van der Waals surface area contributed by atoms with Crippen molar-refractivity contribution in [2.45, 2.75) is 13.3 Å². The number of anilines is 1. The number of hydrogen-bond donors (Lipinski definition) is 2. The quantitative estimate of drug-likeness (QED) is 0.552. The number of hydrogen-bond acceptors (Lipinski definition) is 3. The van der Waals surface area contributed by atoms with E-state index in [9.17, 15) is 0 Å². The van der Waals surface area contributed by atoms with Gasteiger partial charge >= 0.3 is 0 Å². The third-order valence-corrected chi connectivity index (χ3v) is 3.41. The van der Waals surface area contributed by atoms with Crippen LogP contribution >= 0.6 is 11.6 Å². The molecule has 3 aromatic rings. The Hall–Kier alpha value is -2.33. The average molecular weight is 299 g/mol. The predicted molar refractivity (Wildman–Crippen MR) is 88.0 cm³/mol. The van der Waals surface area contributed by atoms with Gasteiger partial charge in [0.05, 0.1) is 16.7 Å². The minimum atomic E-state index is 0.629. The van der Waals surface area contributed by atoms with Gasteiger partial charge in [-0.2, -0.15) is 5.10 Å². The summed E-state index contributed by atoms with van der Waals surface area (Å²) in [5.41, 5.74) is 6.81. The minimum absolute atomic E-state index is 0.629. The number of aromatic nitrogens is 2. The lowest BCUT2D eigenvalue weighted by atomic mass is 10.1. The van der Waals surface area contributed by atoms with Crippen LogP contribution in [0.4, 0.5) is 5.95 Å². The number of aromatic amines is 1. The molecule has 0 radical (unpaired) electrons. The zero-order valence-corrected chi connectivity index (χ0v) is 12.4. The topological polar surface area (TPSA) is 53.1 Å². The van der Waals surface area contributed by atoms with Crippen molar-refractivity contribution in [1.29, 1.82) is 0 Å². The maximum absolute atomic E-state index is 6.02. The van der Waals surface area contributed by atoms with Gasteiger partial charge in [-0.25, -0.2) is 10.4 Å². The summed E-state index contributed by atoms with van der Waals surface area (Å²) >= 11 is 6.02. The molecule has 4 nitrogen and oxygen atoms in total. The van der Waals surface area contributed by atoms with E-state index in [1.165, 1.54) is 0 Å². The predicted octanol–water partition coefficient (Wildman–Crippen LogP) is 4.44. The number of para-hydroxylation sites is 2. The Balaban J connectivity index is 1.85. The van der Waals surface area contributed by atoms with E-state index in [-0.39, 0.29) is 0 Å². The summed E-state index contributed by atoms with van der Waals surface area (Å²) < 4.78 is 0. The molecule has 0 atom stereocenters. The fourth-order valence-electron chi connectivity index (χ4n) is 2.14. The first-order chi connectivity index (χ1) is 10.3. The van der Waals surface area contributed by atoms with Crippen LogP contribution in [0.25, 0.3) is 11.0 Å². The molecule has 0 aliphatic heterocycles. The van der Waals surface area contributed by atoms with Gasteiger partial charge in [-0.05, 0) is 36.2 Å². The first kappa shape index (κ1) is 13.6. The molecule has 21 heavy (non-hydrogen) atoms. The molecule has 2 N–H and O–H groups in total. The van der Waals surface area contributed by atoms with Crippen LogP contribution in [0.1, 0.15) is 18.9 Å². The standard InChI is InChI=1S/C16H15ClN4/c1-2-13(11-6-5-7-12(17)10-11)20-21-16-18-14-8-3-4-9-15(14)19-16/h3-10H,2H2,1H3,(H2,18,19,21)/b20-13-. The average Bonchev–Trinajstić information content (AvgIpc) is 2.91. The van der Waals surface area contributed by atoms with E-state index in [0.29, 0.717) is 11.0 Å². The molecule has 0 aliphatic rings. The Labute approximate surface area is 127 Å². The number of imidazole rings is 1. The lowest BCUT2D eigenvalue weighted by Gasteiger charge is -2.04. The zero-order chi connectivity index (χ0) is 14.7. The molecule has 0 aliphatic carbocycles. The van der Waals surface area contributed by atoms with Crippen molar-refractivity contribution < 1.29 is 0 Å². The number of halogens is 1. The van der Waals surface area contributed by atoms with Gasteiger partial charge in [0.15, 0.2) is 0 Å². The molecule has 0 bridgehead atoms. The maximum Gasteiger partial charge on any atom is 0.222 e. The SMILES string of the molecule is CC/C(=N/Nc1nc2ccccc2[nH]1)c1cccc(Cl)c1. The second-order valence-electron chi connectivity index (χ2n) is 4.64. The van der Waals surface area contributed by atoms with Crippen molar-refractivity contribution in [3.05, 3.63) is 59.1 Å². The van der Waals surface area contributed by atoms with E-state index >= 15 is 0 Å². The molecular formula is C16H15ClN4. The van der Waals surface area contributed by atoms with Crippen LogP contribution in [-0.2, 0) is 0 Å². The van der Waals surface area contributed by atoms with Gasteiger partial charge in [0.25, 0.3) is 0 Å². The highest BCUT2D eigenvalue weighted by atomic mass is 35.5. The third-order valence-electron chi connectivity index (χ3n) is 3.18. The molecule has 5 heteroatoms. The van der Waals surface area contributed by atoms with Crippen LogP contribution in [0, 0.1) is 0 Å². The highest BCUT2D eigenvalue weighted by Crippen LogP contribution is 2.15. The molecule has 0 saturated heterocycles. The summed E-state index contributed by atoms with van der Waals surface area (Å²) in [5.74, 6) is 0.629. The lowest BCUT2D eigenvalue weighted by Crippen LogP contribution is -2.03. The van der Waals surface area contributed by atoms with E-state index in [1.807, 2.05) is 48.5 Å². The van der Waals surface area contributed by atoms with Crippen molar-refractivity contribution in [1.82, 2.24) is 9.97 Å². The van der Waals surface area contributed by atoms with Crippen LogP contribution < -0.4 is 5.43 Å². The van der Waals surface area contributed by atoms with Crippen LogP contribution in [-0.4, -0.2) is 15.7 Å². The second-order valence-corrected chi connectivity index (χ2v) is 5.07. The molecule has 1 heterocycles. The van der Waals surface area contributed by atoms with Gasteiger partial charge in [-0.1, -0.05) is 42.8 Å². The van der Waals surface area contributed by atoms with Crippen molar-refractivity contribution in [3.63, 3.8) is 0 Å². The largest absolute Gasteiger partial charge is 0.323 e. The number of fused-ring (bicyclic) bond motifs is 1. The summed E-state index contributed by atoms with van der Waals surface area (Å²) in [7, 11) is 0. The van der Waals surface area contributed by atoms with E-state index in [4.69, 9.17) is 11.6 Å². The molecule has 0 amide bonds. The molecule has 106 valence electrons. The number of H-pyrrole nitrogens is 1. The first-order valence-electron chi connectivity index (χ1n) is 6.79. The van der Waals surface area contributed by atoms with Crippen LogP contribution in [0.3, 0.4) is 0 Å². The van der Waals surface area contributed by atoms with Crippen molar-refractivity contribution in [2.75, 3.05) is 5.43 Å². The Morgan fingerprint density at radius 3 is 2.86 bits per heavy atom. The molecule has 0 fully saturated rings. The summed E-state index contributed by atoms with van der Waals surface area (Å²) in [6.45, 7) is 2.06. The molecule has 0 unspecified atom stereocenters. The third kappa shape index (κ3) is 3.06. The summed E-state index contributed by atoms with van der Waals surface area (Å²) in [4.78, 5) is 7.61. The molecule has 3 rings (SSSR count). The van der Waals surface area contributed by atoms with Crippen LogP contribution in [0.2, 0.25) is 5.02 Å². The number of rotatable bonds is 4. The van der Waals surface area contributed by atoms with Gasteiger partial charge in [0.2, 0.25) is 5.95 Å². The highest BCUT2D eigenvalue weighted by Gasteiger charge is 2.04. The van der Waals surface area contributed by atoms with E-state index in [0.717, 1.165) is 28.7 Å². The van der Waals surface area contributed by atoms with Crippen LogP contribution in [0.15, 0.2) is 53.6 Å². The Bertz CT molecular complexity index is 759. The molecule has 1 aromatic heterocycles. The number of nitrogens with one attached hydrogen (secondary N) is 2. The van der Waals surface area contributed by atoms with Gasteiger partial charge in [0.1, 0.15) is 0 Å². The summed E-state index contributed by atoms with van der Waals surface area (Å²) in [6, 6.07) is 15.5. The molecule has 2 aromatic carbocycles. The monoisotopic (exact) mass is 298 g/mol. The van der Waals surface area contributed by atoms with Crippen molar-refractivity contribution in [2.24, 2.45) is 5.10 Å². The van der Waals surface area contributed by atoms with E-state index in [1.54, 1.807) is 0 Å². The van der Waals surface area contributed by atoms with Crippen molar-refractivity contribution in [3.8, 4) is 0 Å². The van der Waals surface area contributed by atoms with Crippen LogP contribution in [0.5, 0.6) is 0 Å². The normalized spacial score (nSPS) is 11.8. The Morgan fingerprint density at radius 2 is 2.10 bits per heavy atom. The smallest absolute Gasteiger partial charge is 0.222 e. The maximum atomic E-state index is 6.02.